The lowest BCUT2D eigenvalue weighted by atomic mass is 10.3. The molecule has 1 fully saturated rings. The zero-order chi connectivity index (χ0) is 15.2. The second-order valence-electron chi connectivity index (χ2n) is 5.42. The first-order valence-electron chi connectivity index (χ1n) is 7.38. The van der Waals surface area contributed by atoms with Crippen LogP contribution in [0.1, 0.15) is 36.7 Å². The van der Waals surface area contributed by atoms with Crippen molar-refractivity contribution in [2.24, 2.45) is 5.92 Å². The maximum atomic E-state index is 12.1. The number of nitrogens with one attached hydrogen (secondary N) is 1. The number of carbonyl (C=O) groups is 2. The van der Waals surface area contributed by atoms with Crippen LogP contribution in [0.15, 0.2) is 12.5 Å². The SMILES string of the molecule is CCCN(CC1CC1)C(=O)NCCn1cnc(C(=O)O)c1. The van der Waals surface area contributed by atoms with E-state index in [4.69, 9.17) is 5.11 Å². The number of imidazole rings is 1. The lowest BCUT2D eigenvalue weighted by Gasteiger charge is -2.22. The van der Waals surface area contributed by atoms with E-state index in [0.29, 0.717) is 19.0 Å². The van der Waals surface area contributed by atoms with Gasteiger partial charge in [-0.3, -0.25) is 0 Å². The number of carboxylic acids is 1. The average molecular weight is 294 g/mol. The van der Waals surface area contributed by atoms with Gasteiger partial charge in [0.05, 0.1) is 6.33 Å². The second kappa shape index (κ2) is 7.10. The van der Waals surface area contributed by atoms with Crippen LogP contribution in [0.5, 0.6) is 0 Å². The Morgan fingerprint density at radius 2 is 2.29 bits per heavy atom. The molecule has 0 aliphatic heterocycles. The second-order valence-corrected chi connectivity index (χ2v) is 5.42. The minimum Gasteiger partial charge on any atom is -0.476 e. The van der Waals surface area contributed by atoms with Crippen molar-refractivity contribution in [1.29, 1.82) is 0 Å². The number of urea groups is 1. The smallest absolute Gasteiger partial charge is 0.356 e. The van der Waals surface area contributed by atoms with Gasteiger partial charge >= 0.3 is 12.0 Å². The molecule has 0 unspecified atom stereocenters. The molecular weight excluding hydrogens is 272 g/mol. The fourth-order valence-corrected chi connectivity index (χ4v) is 2.15. The quantitative estimate of drug-likeness (QED) is 0.759. The Balaban J connectivity index is 1.74. The Hall–Kier alpha value is -2.05. The molecule has 0 aromatic carbocycles. The summed E-state index contributed by atoms with van der Waals surface area (Å²) in [6, 6.07) is -0.0395. The third kappa shape index (κ3) is 4.77. The van der Waals surface area contributed by atoms with Crippen molar-refractivity contribution in [3.05, 3.63) is 18.2 Å². The predicted molar refractivity (Wildman–Crippen MR) is 77.2 cm³/mol. The standard InChI is InChI=1S/C14H22N4O3/c1-2-6-18(8-11-3-4-11)14(21)15-5-7-17-9-12(13(19)20)16-10-17/h9-11H,2-8H2,1H3,(H,15,21)(H,19,20). The number of rotatable bonds is 8. The first-order chi connectivity index (χ1) is 10.1. The predicted octanol–water partition coefficient (Wildman–Crippen LogP) is 1.41. The van der Waals surface area contributed by atoms with Gasteiger partial charge in [0.1, 0.15) is 0 Å². The van der Waals surface area contributed by atoms with Gasteiger partial charge in [-0.25, -0.2) is 14.6 Å². The number of nitrogens with zero attached hydrogens (tertiary/aromatic N) is 3. The van der Waals surface area contributed by atoms with E-state index >= 15 is 0 Å². The molecule has 2 amide bonds. The van der Waals surface area contributed by atoms with E-state index in [2.05, 4.69) is 17.2 Å². The molecule has 0 spiro atoms. The van der Waals surface area contributed by atoms with Crippen molar-refractivity contribution >= 4 is 12.0 Å². The van der Waals surface area contributed by atoms with Gasteiger partial charge in [-0.05, 0) is 25.2 Å². The van der Waals surface area contributed by atoms with Crippen molar-refractivity contribution in [1.82, 2.24) is 19.8 Å². The summed E-state index contributed by atoms with van der Waals surface area (Å²) in [6.07, 6.45) is 6.32. The molecule has 1 heterocycles. The zero-order valence-corrected chi connectivity index (χ0v) is 12.3. The highest BCUT2D eigenvalue weighted by Gasteiger charge is 2.26. The molecule has 0 bridgehead atoms. The molecule has 2 N–H and O–H groups in total. The lowest BCUT2D eigenvalue weighted by molar-refractivity contribution is 0.0691. The van der Waals surface area contributed by atoms with E-state index < -0.39 is 5.97 Å². The number of carbonyl (C=O) groups excluding carboxylic acids is 1. The van der Waals surface area contributed by atoms with E-state index in [-0.39, 0.29) is 11.7 Å². The summed E-state index contributed by atoms with van der Waals surface area (Å²) < 4.78 is 1.66. The fraction of sp³-hybridized carbons (Fsp3) is 0.643. The van der Waals surface area contributed by atoms with Crippen LogP contribution in [-0.4, -0.2) is 51.2 Å². The van der Waals surface area contributed by atoms with Gasteiger partial charge in [-0.2, -0.15) is 0 Å². The number of hydrogen-bond acceptors (Lipinski definition) is 3. The van der Waals surface area contributed by atoms with Crippen LogP contribution in [0, 0.1) is 5.92 Å². The molecule has 0 radical (unpaired) electrons. The largest absolute Gasteiger partial charge is 0.476 e. The van der Waals surface area contributed by atoms with E-state index in [1.54, 1.807) is 4.57 Å². The summed E-state index contributed by atoms with van der Waals surface area (Å²) in [4.78, 5) is 28.4. The van der Waals surface area contributed by atoms with Crippen molar-refractivity contribution in [3.63, 3.8) is 0 Å². The van der Waals surface area contributed by atoms with Crippen LogP contribution in [-0.2, 0) is 6.54 Å². The van der Waals surface area contributed by atoms with Gasteiger partial charge < -0.3 is 19.9 Å². The number of carboxylic acid groups (broad SMARTS) is 1. The molecule has 7 nitrogen and oxygen atoms in total. The number of aromatic nitrogens is 2. The summed E-state index contributed by atoms with van der Waals surface area (Å²) in [6.45, 7) is 4.64. The highest BCUT2D eigenvalue weighted by atomic mass is 16.4. The van der Waals surface area contributed by atoms with E-state index in [0.717, 1.165) is 19.5 Å². The van der Waals surface area contributed by atoms with Crippen LogP contribution in [0.2, 0.25) is 0 Å². The molecule has 1 aliphatic carbocycles. The first-order valence-corrected chi connectivity index (χ1v) is 7.38. The topological polar surface area (TPSA) is 87.5 Å². The molecule has 2 rings (SSSR count). The summed E-state index contributed by atoms with van der Waals surface area (Å²) >= 11 is 0. The van der Waals surface area contributed by atoms with Crippen LogP contribution in [0.4, 0.5) is 4.79 Å². The summed E-state index contributed by atoms with van der Waals surface area (Å²) in [5.41, 5.74) is 0.0164. The van der Waals surface area contributed by atoms with Gasteiger partial charge in [0.15, 0.2) is 5.69 Å². The molecule has 116 valence electrons. The Bertz CT molecular complexity index is 496. The van der Waals surface area contributed by atoms with Gasteiger partial charge in [-0.15, -0.1) is 0 Å². The molecule has 0 atom stereocenters. The van der Waals surface area contributed by atoms with Crippen LogP contribution >= 0.6 is 0 Å². The maximum Gasteiger partial charge on any atom is 0.356 e. The molecule has 0 saturated heterocycles. The molecule has 1 aromatic heterocycles. The minimum atomic E-state index is -1.05. The van der Waals surface area contributed by atoms with E-state index in [9.17, 15) is 9.59 Å². The Morgan fingerprint density at radius 3 is 2.86 bits per heavy atom. The molecule has 21 heavy (non-hydrogen) atoms. The van der Waals surface area contributed by atoms with Crippen molar-refractivity contribution in [2.45, 2.75) is 32.7 Å². The molecule has 1 aliphatic rings. The van der Waals surface area contributed by atoms with Crippen molar-refractivity contribution < 1.29 is 14.7 Å². The number of amides is 2. The Labute approximate surface area is 124 Å². The van der Waals surface area contributed by atoms with Crippen molar-refractivity contribution in [3.8, 4) is 0 Å². The summed E-state index contributed by atoms with van der Waals surface area (Å²) in [7, 11) is 0. The van der Waals surface area contributed by atoms with Crippen LogP contribution in [0.25, 0.3) is 0 Å². The van der Waals surface area contributed by atoms with Crippen LogP contribution < -0.4 is 5.32 Å². The highest BCUT2D eigenvalue weighted by molar-refractivity contribution is 5.84. The molecular formula is C14H22N4O3. The zero-order valence-electron chi connectivity index (χ0n) is 12.3. The monoisotopic (exact) mass is 294 g/mol. The Morgan fingerprint density at radius 1 is 1.52 bits per heavy atom. The highest BCUT2D eigenvalue weighted by Crippen LogP contribution is 2.29. The third-order valence-corrected chi connectivity index (χ3v) is 3.45. The van der Waals surface area contributed by atoms with E-state index in [1.165, 1.54) is 25.4 Å². The normalized spacial score (nSPS) is 14.0. The molecule has 7 heteroatoms. The fourth-order valence-electron chi connectivity index (χ4n) is 2.15. The van der Waals surface area contributed by atoms with Gasteiger partial charge in [-0.1, -0.05) is 6.92 Å². The Kier molecular flexibility index (Phi) is 5.19. The van der Waals surface area contributed by atoms with Gasteiger partial charge in [0, 0.05) is 32.4 Å². The molecule has 1 aromatic rings. The van der Waals surface area contributed by atoms with Gasteiger partial charge in [0.2, 0.25) is 0 Å². The maximum absolute atomic E-state index is 12.1. The van der Waals surface area contributed by atoms with E-state index in [1.807, 2.05) is 4.90 Å². The first kappa shape index (κ1) is 15.3. The summed E-state index contributed by atoms with van der Waals surface area (Å²) in [5, 5.41) is 11.7. The minimum absolute atomic E-state index is 0.0164. The lowest BCUT2D eigenvalue weighted by Crippen LogP contribution is -2.42. The number of aromatic carboxylic acids is 1. The van der Waals surface area contributed by atoms with Gasteiger partial charge in [0.25, 0.3) is 0 Å². The van der Waals surface area contributed by atoms with Crippen LogP contribution in [0.3, 0.4) is 0 Å². The third-order valence-electron chi connectivity index (χ3n) is 3.45. The number of hydrogen-bond donors (Lipinski definition) is 2. The summed E-state index contributed by atoms with van der Waals surface area (Å²) in [5.74, 6) is -0.370. The average Bonchev–Trinajstić information content (AvgIpc) is 3.13. The van der Waals surface area contributed by atoms with Crippen molar-refractivity contribution in [2.75, 3.05) is 19.6 Å². The molecule has 1 saturated carbocycles.